The van der Waals surface area contributed by atoms with Gasteiger partial charge >= 0.3 is 11.7 Å². The quantitative estimate of drug-likeness (QED) is 0.589. The van der Waals surface area contributed by atoms with Gasteiger partial charge in [0.25, 0.3) is 0 Å². The second-order valence-corrected chi connectivity index (χ2v) is 3.09. The van der Waals surface area contributed by atoms with Crippen LogP contribution in [0.4, 0.5) is 0 Å². The van der Waals surface area contributed by atoms with Gasteiger partial charge in [-0.3, -0.25) is 4.98 Å². The average Bonchev–Trinajstić information content (AvgIpc) is 2.70. The van der Waals surface area contributed by atoms with Crippen LogP contribution in [-0.2, 0) is 9.53 Å². The Hall–Kier alpha value is -1.63. The lowest BCUT2D eigenvalue weighted by Gasteiger charge is -2.06. The molecular weight excluding hydrogens is 190 g/mol. The number of nitrogens with one attached hydrogen (secondary N) is 2. The van der Waals surface area contributed by atoms with Gasteiger partial charge in [0.15, 0.2) is 11.9 Å². The van der Waals surface area contributed by atoms with Crippen molar-refractivity contribution in [2.45, 2.75) is 25.0 Å². The predicted molar refractivity (Wildman–Crippen MR) is 43.7 cm³/mol. The van der Waals surface area contributed by atoms with E-state index >= 15 is 0 Å². The molecular formula is C7H9N3O4. The highest BCUT2D eigenvalue weighted by Crippen LogP contribution is 2.29. The van der Waals surface area contributed by atoms with Crippen molar-refractivity contribution < 1.29 is 14.6 Å². The summed E-state index contributed by atoms with van der Waals surface area (Å²) in [6.45, 7) is 0. The Morgan fingerprint density at radius 3 is 2.86 bits per heavy atom. The number of carboxylic acid groups (broad SMARTS) is 1. The molecule has 7 nitrogen and oxygen atoms in total. The second-order valence-electron chi connectivity index (χ2n) is 3.09. The lowest BCUT2D eigenvalue weighted by atomic mass is 10.2. The number of aromatic amines is 2. The Balaban J connectivity index is 2.09. The van der Waals surface area contributed by atoms with Gasteiger partial charge in [-0.1, -0.05) is 0 Å². The highest BCUT2D eigenvalue weighted by molar-refractivity contribution is 5.72. The molecule has 0 amide bonds. The third-order valence-electron chi connectivity index (χ3n) is 2.12. The summed E-state index contributed by atoms with van der Waals surface area (Å²) in [5.41, 5.74) is -0.414. The van der Waals surface area contributed by atoms with Gasteiger partial charge in [0.2, 0.25) is 0 Å². The van der Waals surface area contributed by atoms with Crippen LogP contribution in [0.25, 0.3) is 0 Å². The molecule has 3 N–H and O–H groups in total. The van der Waals surface area contributed by atoms with Crippen molar-refractivity contribution in [2.75, 3.05) is 0 Å². The van der Waals surface area contributed by atoms with Gasteiger partial charge in [0.1, 0.15) is 6.10 Å². The third-order valence-corrected chi connectivity index (χ3v) is 2.12. The lowest BCUT2D eigenvalue weighted by Crippen LogP contribution is -2.18. The SMILES string of the molecule is O=C(O)C1CCC(c2n[nH]c(=O)[nH]2)O1. The molecule has 2 atom stereocenters. The highest BCUT2D eigenvalue weighted by atomic mass is 16.5. The molecule has 0 bridgehead atoms. The first-order chi connectivity index (χ1) is 6.66. The molecule has 0 radical (unpaired) electrons. The smallest absolute Gasteiger partial charge is 0.340 e. The number of carboxylic acids is 1. The van der Waals surface area contributed by atoms with Gasteiger partial charge in [-0.25, -0.2) is 14.7 Å². The van der Waals surface area contributed by atoms with Gasteiger partial charge in [-0.05, 0) is 12.8 Å². The average molecular weight is 199 g/mol. The molecule has 7 heteroatoms. The summed E-state index contributed by atoms with van der Waals surface area (Å²) in [5.74, 6) is -0.621. The minimum atomic E-state index is -0.981. The van der Waals surface area contributed by atoms with Crippen LogP contribution in [0.1, 0.15) is 24.8 Å². The van der Waals surface area contributed by atoms with Crippen LogP contribution >= 0.6 is 0 Å². The minimum absolute atomic E-state index is 0.360. The Morgan fingerprint density at radius 2 is 2.36 bits per heavy atom. The fraction of sp³-hybridized carbons (Fsp3) is 0.571. The zero-order valence-electron chi connectivity index (χ0n) is 7.19. The van der Waals surface area contributed by atoms with Crippen LogP contribution in [0.15, 0.2) is 4.79 Å². The summed E-state index contributed by atoms with van der Waals surface area (Å²) in [4.78, 5) is 23.7. The zero-order valence-corrected chi connectivity index (χ0v) is 7.19. The molecule has 14 heavy (non-hydrogen) atoms. The first-order valence-corrected chi connectivity index (χ1v) is 4.19. The fourth-order valence-corrected chi connectivity index (χ4v) is 1.46. The van der Waals surface area contributed by atoms with E-state index in [0.29, 0.717) is 18.7 Å². The first-order valence-electron chi connectivity index (χ1n) is 4.19. The van der Waals surface area contributed by atoms with E-state index in [9.17, 15) is 9.59 Å². The summed E-state index contributed by atoms with van der Waals surface area (Å²) in [6.07, 6.45) is -0.220. The minimum Gasteiger partial charge on any atom is -0.479 e. The molecule has 1 aromatic heterocycles. The molecule has 1 fully saturated rings. The third kappa shape index (κ3) is 1.53. The maximum Gasteiger partial charge on any atom is 0.340 e. The summed E-state index contributed by atoms with van der Waals surface area (Å²) >= 11 is 0. The second kappa shape index (κ2) is 3.26. The standard InChI is InChI=1S/C7H9N3O4/c11-6(12)4-2-1-3(14-4)5-8-7(13)10-9-5/h3-4H,1-2H2,(H,11,12)(H2,8,9,10,13). The van der Waals surface area contributed by atoms with E-state index in [2.05, 4.69) is 15.2 Å². The summed E-state index contributed by atoms with van der Waals surface area (Å²) in [5, 5.41) is 14.5. The maximum atomic E-state index is 10.7. The van der Waals surface area contributed by atoms with E-state index in [-0.39, 0.29) is 0 Å². The van der Waals surface area contributed by atoms with Crippen LogP contribution in [-0.4, -0.2) is 32.4 Å². The number of hydrogen-bond donors (Lipinski definition) is 3. The largest absolute Gasteiger partial charge is 0.479 e. The number of aliphatic carboxylic acids is 1. The van der Waals surface area contributed by atoms with Crippen molar-refractivity contribution in [3.05, 3.63) is 16.3 Å². The Labute approximate surface area is 78.1 Å². The molecule has 2 rings (SSSR count). The number of carbonyl (C=O) groups is 1. The highest BCUT2D eigenvalue weighted by Gasteiger charge is 2.32. The molecule has 0 aliphatic carbocycles. The van der Waals surface area contributed by atoms with E-state index in [1.165, 1.54) is 0 Å². The van der Waals surface area contributed by atoms with E-state index in [0.717, 1.165) is 0 Å². The van der Waals surface area contributed by atoms with E-state index < -0.39 is 23.9 Å². The van der Waals surface area contributed by atoms with E-state index in [4.69, 9.17) is 9.84 Å². The number of ether oxygens (including phenoxy) is 1. The van der Waals surface area contributed by atoms with Crippen LogP contribution in [0, 0.1) is 0 Å². The molecule has 0 saturated carbocycles. The van der Waals surface area contributed by atoms with Crippen molar-refractivity contribution in [2.24, 2.45) is 0 Å². The van der Waals surface area contributed by atoms with Crippen LogP contribution < -0.4 is 5.69 Å². The van der Waals surface area contributed by atoms with Crippen LogP contribution in [0.3, 0.4) is 0 Å². The van der Waals surface area contributed by atoms with Crippen molar-refractivity contribution in [1.29, 1.82) is 0 Å². The van der Waals surface area contributed by atoms with Gasteiger partial charge in [0, 0.05) is 0 Å². The molecule has 1 saturated heterocycles. The Bertz CT molecular complexity index is 396. The Kier molecular flexibility index (Phi) is 2.08. The van der Waals surface area contributed by atoms with E-state index in [1.54, 1.807) is 0 Å². The first kappa shape index (κ1) is 8.95. The monoisotopic (exact) mass is 199 g/mol. The molecule has 0 aromatic carbocycles. The van der Waals surface area contributed by atoms with Crippen LogP contribution in [0.2, 0.25) is 0 Å². The molecule has 0 spiro atoms. The lowest BCUT2D eigenvalue weighted by molar-refractivity contribution is -0.149. The molecule has 76 valence electrons. The summed E-state index contributed by atoms with van der Waals surface area (Å²) in [6, 6.07) is 0. The maximum absolute atomic E-state index is 10.7. The Morgan fingerprint density at radius 1 is 1.57 bits per heavy atom. The molecule has 1 aliphatic rings. The number of aromatic nitrogens is 3. The molecule has 1 aliphatic heterocycles. The molecule has 1 aromatic rings. The van der Waals surface area contributed by atoms with Gasteiger partial charge in [-0.15, -0.1) is 0 Å². The molecule has 2 unspecified atom stereocenters. The number of H-pyrrole nitrogens is 2. The summed E-state index contributed by atoms with van der Waals surface area (Å²) in [7, 11) is 0. The van der Waals surface area contributed by atoms with Crippen LogP contribution in [0.5, 0.6) is 0 Å². The van der Waals surface area contributed by atoms with Gasteiger partial charge < -0.3 is 9.84 Å². The van der Waals surface area contributed by atoms with E-state index in [1.807, 2.05) is 0 Å². The van der Waals surface area contributed by atoms with Crippen molar-refractivity contribution in [3.8, 4) is 0 Å². The molecule has 2 heterocycles. The zero-order chi connectivity index (χ0) is 10.1. The fourth-order valence-electron chi connectivity index (χ4n) is 1.46. The topological polar surface area (TPSA) is 108 Å². The number of hydrogen-bond acceptors (Lipinski definition) is 4. The summed E-state index contributed by atoms with van der Waals surface area (Å²) < 4.78 is 5.17. The van der Waals surface area contributed by atoms with Crippen molar-refractivity contribution in [1.82, 2.24) is 15.2 Å². The predicted octanol–water partition coefficient (Wildman–Crippen LogP) is -0.597. The van der Waals surface area contributed by atoms with Crippen molar-refractivity contribution >= 4 is 5.97 Å². The normalized spacial score (nSPS) is 26.6. The number of nitrogens with zero attached hydrogens (tertiary/aromatic N) is 1. The number of rotatable bonds is 2. The van der Waals surface area contributed by atoms with Gasteiger partial charge in [-0.2, -0.15) is 5.10 Å². The van der Waals surface area contributed by atoms with Gasteiger partial charge in [0.05, 0.1) is 0 Å². The van der Waals surface area contributed by atoms with Crippen molar-refractivity contribution in [3.63, 3.8) is 0 Å².